The van der Waals surface area contributed by atoms with E-state index in [2.05, 4.69) is 19.1 Å². The monoisotopic (exact) mass is 222 g/mol. The summed E-state index contributed by atoms with van der Waals surface area (Å²) in [5.41, 5.74) is 1.30. The maximum atomic E-state index is 5.58. The Balaban J connectivity index is 2.33. The van der Waals surface area contributed by atoms with Gasteiger partial charge in [0.1, 0.15) is 5.75 Å². The molecule has 2 heteroatoms. The van der Waals surface area contributed by atoms with E-state index >= 15 is 0 Å². The lowest BCUT2D eigenvalue weighted by Gasteiger charge is -2.10. The molecule has 0 amide bonds. The predicted octanol–water partition coefficient (Wildman–Crippen LogP) is 3.44. The number of benzene rings is 1. The topological polar surface area (TPSA) is 18.5 Å². The lowest BCUT2D eigenvalue weighted by molar-refractivity contribution is 0.138. The lowest BCUT2D eigenvalue weighted by Crippen LogP contribution is -2.05. The van der Waals surface area contributed by atoms with Crippen molar-refractivity contribution in [1.82, 2.24) is 0 Å². The van der Waals surface area contributed by atoms with E-state index in [9.17, 15) is 0 Å². The molecule has 0 heterocycles. The standard InChI is InChI=1S/C14H22O2/c1-4-10-15-11-9-13-5-7-14(8-6-13)16-12(2)3/h5-8,12H,4,9-11H2,1-3H3. The largest absolute Gasteiger partial charge is 0.491 e. The van der Waals surface area contributed by atoms with Gasteiger partial charge in [0.05, 0.1) is 12.7 Å². The first-order valence-electron chi connectivity index (χ1n) is 6.05. The van der Waals surface area contributed by atoms with Crippen LogP contribution in [0.25, 0.3) is 0 Å². The molecule has 0 saturated carbocycles. The number of rotatable bonds is 7. The Labute approximate surface area is 98.6 Å². The molecule has 0 aliphatic heterocycles. The van der Waals surface area contributed by atoms with E-state index in [1.165, 1.54) is 5.56 Å². The average molecular weight is 222 g/mol. The Kier molecular flexibility index (Phi) is 5.94. The molecule has 16 heavy (non-hydrogen) atoms. The van der Waals surface area contributed by atoms with Crippen molar-refractivity contribution >= 4 is 0 Å². The zero-order valence-corrected chi connectivity index (χ0v) is 10.5. The van der Waals surface area contributed by atoms with Crippen molar-refractivity contribution in [1.29, 1.82) is 0 Å². The van der Waals surface area contributed by atoms with Gasteiger partial charge in [0.2, 0.25) is 0 Å². The molecule has 0 atom stereocenters. The fourth-order valence-corrected chi connectivity index (χ4v) is 1.44. The number of hydrogen-bond donors (Lipinski definition) is 0. The first-order valence-corrected chi connectivity index (χ1v) is 6.05. The van der Waals surface area contributed by atoms with Gasteiger partial charge in [0.25, 0.3) is 0 Å². The van der Waals surface area contributed by atoms with Gasteiger partial charge >= 0.3 is 0 Å². The van der Waals surface area contributed by atoms with Crippen LogP contribution in [-0.2, 0) is 11.2 Å². The van der Waals surface area contributed by atoms with Crippen LogP contribution < -0.4 is 4.74 Å². The van der Waals surface area contributed by atoms with E-state index < -0.39 is 0 Å². The Morgan fingerprint density at radius 3 is 2.31 bits per heavy atom. The average Bonchev–Trinajstić information content (AvgIpc) is 2.26. The minimum atomic E-state index is 0.235. The van der Waals surface area contributed by atoms with Gasteiger partial charge in [0, 0.05) is 6.61 Å². The molecule has 0 bridgehead atoms. The SMILES string of the molecule is CCCOCCc1ccc(OC(C)C)cc1. The van der Waals surface area contributed by atoms with Crippen molar-refractivity contribution in [2.75, 3.05) is 13.2 Å². The van der Waals surface area contributed by atoms with Crippen LogP contribution in [0.4, 0.5) is 0 Å². The van der Waals surface area contributed by atoms with Crippen molar-refractivity contribution in [2.45, 2.75) is 39.7 Å². The second-order valence-electron chi connectivity index (χ2n) is 4.17. The van der Waals surface area contributed by atoms with Crippen LogP contribution >= 0.6 is 0 Å². The highest BCUT2D eigenvalue weighted by molar-refractivity contribution is 5.27. The van der Waals surface area contributed by atoms with Crippen molar-refractivity contribution < 1.29 is 9.47 Å². The fourth-order valence-electron chi connectivity index (χ4n) is 1.44. The van der Waals surface area contributed by atoms with Crippen LogP contribution in [0.3, 0.4) is 0 Å². The van der Waals surface area contributed by atoms with Crippen LogP contribution in [0.1, 0.15) is 32.8 Å². The molecule has 1 aromatic rings. The highest BCUT2D eigenvalue weighted by Gasteiger charge is 1.98. The fraction of sp³-hybridized carbons (Fsp3) is 0.571. The van der Waals surface area contributed by atoms with E-state index in [0.717, 1.165) is 31.8 Å². The summed E-state index contributed by atoms with van der Waals surface area (Å²) < 4.78 is 11.0. The summed E-state index contributed by atoms with van der Waals surface area (Å²) in [6.45, 7) is 7.85. The van der Waals surface area contributed by atoms with Crippen molar-refractivity contribution in [3.05, 3.63) is 29.8 Å². The third-order valence-corrected chi connectivity index (χ3v) is 2.18. The van der Waals surface area contributed by atoms with Crippen LogP contribution in [0, 0.1) is 0 Å². The van der Waals surface area contributed by atoms with E-state index in [-0.39, 0.29) is 6.10 Å². The Morgan fingerprint density at radius 2 is 1.75 bits per heavy atom. The molecule has 0 aliphatic rings. The van der Waals surface area contributed by atoms with Crippen LogP contribution in [0.15, 0.2) is 24.3 Å². The van der Waals surface area contributed by atoms with Gasteiger partial charge in [-0.25, -0.2) is 0 Å². The first kappa shape index (κ1) is 13.0. The molecule has 2 nitrogen and oxygen atoms in total. The molecule has 0 radical (unpaired) electrons. The van der Waals surface area contributed by atoms with Gasteiger partial charge in [-0.1, -0.05) is 19.1 Å². The molecule has 0 spiro atoms. The normalized spacial score (nSPS) is 10.8. The molecule has 0 unspecified atom stereocenters. The van der Waals surface area contributed by atoms with Gasteiger partial charge in [-0.05, 0) is 44.4 Å². The van der Waals surface area contributed by atoms with Gasteiger partial charge in [-0.2, -0.15) is 0 Å². The minimum absolute atomic E-state index is 0.235. The van der Waals surface area contributed by atoms with Crippen LogP contribution in [0.5, 0.6) is 5.75 Å². The maximum absolute atomic E-state index is 5.58. The molecular formula is C14H22O2. The zero-order valence-electron chi connectivity index (χ0n) is 10.5. The number of ether oxygens (including phenoxy) is 2. The van der Waals surface area contributed by atoms with Crippen LogP contribution in [0.2, 0.25) is 0 Å². The Morgan fingerprint density at radius 1 is 1.06 bits per heavy atom. The van der Waals surface area contributed by atoms with Gasteiger partial charge in [0.15, 0.2) is 0 Å². The van der Waals surface area contributed by atoms with Gasteiger partial charge < -0.3 is 9.47 Å². The molecule has 0 N–H and O–H groups in total. The maximum Gasteiger partial charge on any atom is 0.119 e. The van der Waals surface area contributed by atoms with Gasteiger partial charge in [-0.15, -0.1) is 0 Å². The summed E-state index contributed by atoms with van der Waals surface area (Å²) in [6.07, 6.45) is 2.29. The third-order valence-electron chi connectivity index (χ3n) is 2.18. The second kappa shape index (κ2) is 7.29. The van der Waals surface area contributed by atoms with E-state index in [4.69, 9.17) is 9.47 Å². The summed E-state index contributed by atoms with van der Waals surface area (Å²) in [5.74, 6) is 0.938. The summed E-state index contributed by atoms with van der Waals surface area (Å²) >= 11 is 0. The van der Waals surface area contributed by atoms with Gasteiger partial charge in [-0.3, -0.25) is 0 Å². The molecule has 0 aliphatic carbocycles. The van der Waals surface area contributed by atoms with E-state index in [1.807, 2.05) is 26.0 Å². The molecule has 1 aromatic carbocycles. The Hall–Kier alpha value is -1.02. The smallest absolute Gasteiger partial charge is 0.119 e. The molecule has 90 valence electrons. The second-order valence-corrected chi connectivity index (χ2v) is 4.17. The number of hydrogen-bond acceptors (Lipinski definition) is 2. The van der Waals surface area contributed by atoms with E-state index in [1.54, 1.807) is 0 Å². The summed E-state index contributed by atoms with van der Waals surface area (Å²) in [6, 6.07) is 8.25. The molecule has 0 aromatic heterocycles. The van der Waals surface area contributed by atoms with E-state index in [0.29, 0.717) is 0 Å². The minimum Gasteiger partial charge on any atom is -0.491 e. The van der Waals surface area contributed by atoms with Crippen molar-refractivity contribution in [3.8, 4) is 5.75 Å². The highest BCUT2D eigenvalue weighted by atomic mass is 16.5. The summed E-state index contributed by atoms with van der Waals surface area (Å²) in [7, 11) is 0. The lowest BCUT2D eigenvalue weighted by atomic mass is 10.1. The predicted molar refractivity (Wildman–Crippen MR) is 67.0 cm³/mol. The summed E-state index contributed by atoms with van der Waals surface area (Å²) in [4.78, 5) is 0. The molecule has 0 fully saturated rings. The first-order chi connectivity index (χ1) is 7.72. The van der Waals surface area contributed by atoms with Crippen LogP contribution in [-0.4, -0.2) is 19.3 Å². The zero-order chi connectivity index (χ0) is 11.8. The van der Waals surface area contributed by atoms with Crippen molar-refractivity contribution in [3.63, 3.8) is 0 Å². The Bertz CT molecular complexity index is 277. The molecule has 1 rings (SSSR count). The third kappa shape index (κ3) is 5.17. The highest BCUT2D eigenvalue weighted by Crippen LogP contribution is 2.14. The summed E-state index contributed by atoms with van der Waals surface area (Å²) in [5, 5.41) is 0. The molecular weight excluding hydrogens is 200 g/mol. The molecule has 0 saturated heterocycles. The van der Waals surface area contributed by atoms with Crippen molar-refractivity contribution in [2.24, 2.45) is 0 Å². The quantitative estimate of drug-likeness (QED) is 0.658.